The molecule has 2 aliphatic rings. The number of nitrogens with zero attached hydrogens (tertiary/aromatic N) is 5. The summed E-state index contributed by atoms with van der Waals surface area (Å²) in [7, 11) is 0. The average Bonchev–Trinajstić information content (AvgIpc) is 3.30. The molecule has 1 aliphatic heterocycles. The number of amides is 1. The molecule has 2 aromatic rings. The van der Waals surface area contributed by atoms with Crippen molar-refractivity contribution in [2.45, 2.75) is 64.3 Å². The molecule has 140 valence electrons. The van der Waals surface area contributed by atoms with Gasteiger partial charge >= 0.3 is 0 Å². The summed E-state index contributed by atoms with van der Waals surface area (Å²) in [5, 5.41) is 16.4. The van der Waals surface area contributed by atoms with Crippen molar-refractivity contribution >= 4 is 17.4 Å². The van der Waals surface area contributed by atoms with Crippen molar-refractivity contribution in [2.24, 2.45) is 5.92 Å². The Bertz CT molecular complexity index is 771. The van der Waals surface area contributed by atoms with Gasteiger partial charge in [0.2, 0.25) is 5.91 Å². The van der Waals surface area contributed by atoms with Gasteiger partial charge in [-0.2, -0.15) is 4.52 Å². The van der Waals surface area contributed by atoms with Crippen molar-refractivity contribution in [2.75, 3.05) is 18.0 Å². The molecule has 0 bridgehead atoms. The lowest BCUT2D eigenvalue weighted by molar-refractivity contribution is -0.126. The molecule has 2 aromatic heterocycles. The summed E-state index contributed by atoms with van der Waals surface area (Å²) in [4.78, 5) is 14.8. The number of hydrogen-bond donors (Lipinski definition) is 1. The lowest BCUT2D eigenvalue weighted by atomic mass is 9.95. The summed E-state index contributed by atoms with van der Waals surface area (Å²) in [6, 6.07) is 4.39. The van der Waals surface area contributed by atoms with Crippen molar-refractivity contribution < 1.29 is 4.79 Å². The van der Waals surface area contributed by atoms with E-state index in [9.17, 15) is 4.79 Å². The maximum atomic E-state index is 12.5. The van der Waals surface area contributed by atoms with Crippen molar-refractivity contribution in [1.29, 1.82) is 0 Å². The number of nitrogens with one attached hydrogen (secondary N) is 1. The minimum atomic E-state index is 0.136. The first-order valence-corrected chi connectivity index (χ1v) is 9.89. The molecule has 3 heterocycles. The molecule has 0 radical (unpaired) electrons. The van der Waals surface area contributed by atoms with E-state index in [2.05, 4.69) is 34.3 Å². The Morgan fingerprint density at radius 1 is 1.12 bits per heavy atom. The molecule has 7 nitrogen and oxygen atoms in total. The highest BCUT2D eigenvalue weighted by Crippen LogP contribution is 2.24. The Morgan fingerprint density at radius 2 is 1.85 bits per heavy atom. The first-order valence-electron chi connectivity index (χ1n) is 9.89. The molecule has 0 spiro atoms. The largest absolute Gasteiger partial charge is 0.355 e. The van der Waals surface area contributed by atoms with Gasteiger partial charge in [-0.05, 0) is 37.8 Å². The summed E-state index contributed by atoms with van der Waals surface area (Å²) in [6.45, 7) is 5.92. The molecule has 0 atom stereocenters. The number of carbonyl (C=O) groups excluding carboxylic acids is 1. The topological polar surface area (TPSA) is 75.4 Å². The van der Waals surface area contributed by atoms with E-state index in [-0.39, 0.29) is 17.7 Å². The summed E-state index contributed by atoms with van der Waals surface area (Å²) in [5.41, 5.74) is 0.781. The predicted octanol–water partition coefficient (Wildman–Crippen LogP) is 2.52. The second kappa shape index (κ2) is 7.21. The number of piperidine rings is 1. The van der Waals surface area contributed by atoms with Crippen LogP contribution >= 0.6 is 0 Å². The number of rotatable bonds is 4. The molecule has 7 heteroatoms. The van der Waals surface area contributed by atoms with Crippen LogP contribution < -0.4 is 10.2 Å². The predicted molar refractivity (Wildman–Crippen MR) is 100 cm³/mol. The third-order valence-electron chi connectivity index (χ3n) is 5.68. The normalized spacial score (nSPS) is 19.6. The minimum Gasteiger partial charge on any atom is -0.355 e. The van der Waals surface area contributed by atoms with E-state index in [1.54, 1.807) is 0 Å². The molecule has 1 saturated heterocycles. The van der Waals surface area contributed by atoms with Crippen LogP contribution in [0.3, 0.4) is 0 Å². The van der Waals surface area contributed by atoms with E-state index in [4.69, 9.17) is 5.10 Å². The summed E-state index contributed by atoms with van der Waals surface area (Å²) in [6.07, 6.45) is 6.56. The molecule has 1 saturated carbocycles. The fourth-order valence-electron chi connectivity index (χ4n) is 4.08. The highest BCUT2D eigenvalue weighted by Gasteiger charge is 2.28. The molecule has 1 aliphatic carbocycles. The monoisotopic (exact) mass is 356 g/mol. The van der Waals surface area contributed by atoms with Crippen LogP contribution in [0.1, 0.15) is 64.1 Å². The van der Waals surface area contributed by atoms with E-state index >= 15 is 0 Å². The number of fused-ring (bicyclic) bond motifs is 1. The van der Waals surface area contributed by atoms with Gasteiger partial charge in [0.05, 0.1) is 0 Å². The van der Waals surface area contributed by atoms with Crippen LogP contribution in [-0.2, 0) is 4.79 Å². The highest BCUT2D eigenvalue weighted by molar-refractivity contribution is 5.79. The SMILES string of the molecule is CC(C)c1nnc2ccc(N3CCC(C(=O)NC4CCCC4)CC3)nn12. The Balaban J connectivity index is 1.40. The number of carbonyl (C=O) groups is 1. The van der Waals surface area contributed by atoms with Gasteiger partial charge in [0.1, 0.15) is 5.82 Å². The molecule has 2 fully saturated rings. The van der Waals surface area contributed by atoms with Crippen LogP contribution in [0.2, 0.25) is 0 Å². The van der Waals surface area contributed by atoms with Gasteiger partial charge in [-0.15, -0.1) is 15.3 Å². The molecule has 4 rings (SSSR count). The second-order valence-corrected chi connectivity index (χ2v) is 7.93. The molecule has 0 unspecified atom stereocenters. The summed E-state index contributed by atoms with van der Waals surface area (Å²) >= 11 is 0. The molecule has 1 N–H and O–H groups in total. The van der Waals surface area contributed by atoms with Crippen LogP contribution in [0, 0.1) is 5.92 Å². The zero-order chi connectivity index (χ0) is 18.1. The Kier molecular flexibility index (Phi) is 4.78. The van der Waals surface area contributed by atoms with E-state index in [1.165, 1.54) is 12.8 Å². The zero-order valence-corrected chi connectivity index (χ0v) is 15.7. The van der Waals surface area contributed by atoms with Crippen molar-refractivity contribution in [1.82, 2.24) is 25.1 Å². The van der Waals surface area contributed by atoms with Gasteiger partial charge in [0.15, 0.2) is 11.5 Å². The fraction of sp³-hybridized carbons (Fsp3) is 0.684. The zero-order valence-electron chi connectivity index (χ0n) is 15.7. The molecule has 0 aromatic carbocycles. The van der Waals surface area contributed by atoms with Gasteiger partial charge in [-0.3, -0.25) is 4.79 Å². The van der Waals surface area contributed by atoms with Gasteiger partial charge in [0.25, 0.3) is 0 Å². The van der Waals surface area contributed by atoms with Crippen LogP contribution in [-0.4, -0.2) is 44.8 Å². The van der Waals surface area contributed by atoms with Gasteiger partial charge < -0.3 is 10.2 Å². The molecular formula is C19H28N6O. The van der Waals surface area contributed by atoms with Crippen LogP contribution in [0.15, 0.2) is 12.1 Å². The maximum absolute atomic E-state index is 12.5. The van der Waals surface area contributed by atoms with Gasteiger partial charge in [-0.1, -0.05) is 26.7 Å². The second-order valence-electron chi connectivity index (χ2n) is 7.93. The quantitative estimate of drug-likeness (QED) is 0.911. The number of aromatic nitrogens is 4. The molecule has 1 amide bonds. The van der Waals surface area contributed by atoms with Crippen molar-refractivity contribution in [3.8, 4) is 0 Å². The van der Waals surface area contributed by atoms with Gasteiger partial charge in [-0.25, -0.2) is 0 Å². The van der Waals surface area contributed by atoms with E-state index in [0.717, 1.165) is 56.1 Å². The first-order chi connectivity index (χ1) is 12.6. The smallest absolute Gasteiger partial charge is 0.223 e. The Morgan fingerprint density at radius 3 is 2.54 bits per heavy atom. The first kappa shape index (κ1) is 17.2. The van der Waals surface area contributed by atoms with E-state index in [1.807, 2.05) is 16.6 Å². The lowest BCUT2D eigenvalue weighted by Crippen LogP contribution is -2.43. The third-order valence-corrected chi connectivity index (χ3v) is 5.68. The van der Waals surface area contributed by atoms with Gasteiger partial charge in [0, 0.05) is 31.0 Å². The van der Waals surface area contributed by atoms with E-state index in [0.29, 0.717) is 6.04 Å². The summed E-state index contributed by atoms with van der Waals surface area (Å²) < 4.78 is 1.85. The average molecular weight is 356 g/mol. The third kappa shape index (κ3) is 3.39. The number of hydrogen-bond acceptors (Lipinski definition) is 5. The van der Waals surface area contributed by atoms with Crippen LogP contribution in [0.25, 0.3) is 5.65 Å². The van der Waals surface area contributed by atoms with Crippen molar-refractivity contribution in [3.05, 3.63) is 18.0 Å². The standard InChI is InChI=1S/C19H28N6O/c1-13(2)18-22-21-16-7-8-17(23-25(16)18)24-11-9-14(10-12-24)19(26)20-15-5-3-4-6-15/h7-8,13-15H,3-6,9-12H2,1-2H3,(H,20,26). The molecule has 26 heavy (non-hydrogen) atoms. The lowest BCUT2D eigenvalue weighted by Gasteiger charge is -2.32. The highest BCUT2D eigenvalue weighted by atomic mass is 16.1. The van der Waals surface area contributed by atoms with Crippen molar-refractivity contribution in [3.63, 3.8) is 0 Å². The Hall–Kier alpha value is -2.18. The number of anilines is 1. The van der Waals surface area contributed by atoms with Crippen LogP contribution in [0.4, 0.5) is 5.82 Å². The summed E-state index contributed by atoms with van der Waals surface area (Å²) in [5.74, 6) is 2.48. The molecular weight excluding hydrogens is 328 g/mol. The maximum Gasteiger partial charge on any atom is 0.223 e. The van der Waals surface area contributed by atoms with E-state index < -0.39 is 0 Å². The fourth-order valence-corrected chi connectivity index (χ4v) is 4.08. The Labute approximate surface area is 154 Å². The van der Waals surface area contributed by atoms with Crippen LogP contribution in [0.5, 0.6) is 0 Å². The minimum absolute atomic E-state index is 0.136.